The minimum Gasteiger partial charge on any atom is -0.348 e. The topological polar surface area (TPSA) is 75.3 Å². The lowest BCUT2D eigenvalue weighted by Crippen LogP contribution is -2.25. The Morgan fingerprint density at radius 3 is 2.09 bits per heavy atom. The number of alkyl halides is 3. The van der Waals surface area contributed by atoms with Crippen molar-refractivity contribution in [2.75, 3.05) is 0 Å². The lowest BCUT2D eigenvalue weighted by atomic mass is 10.1. The molecule has 5 nitrogen and oxygen atoms in total. The minimum absolute atomic E-state index is 0.0346. The number of halogens is 4. The molecule has 0 aliphatic heterocycles. The van der Waals surface area contributed by atoms with Crippen molar-refractivity contribution in [3.63, 3.8) is 0 Å². The molecule has 0 atom stereocenters. The van der Waals surface area contributed by atoms with Crippen LogP contribution in [0.4, 0.5) is 17.6 Å². The Morgan fingerprint density at radius 2 is 1.47 bits per heavy atom. The molecule has 0 saturated carbocycles. The molecule has 3 rings (SSSR count). The van der Waals surface area contributed by atoms with Gasteiger partial charge in [-0.2, -0.15) is 13.2 Å². The average molecular weight is 466 g/mol. The summed E-state index contributed by atoms with van der Waals surface area (Å²) in [5.41, 5.74) is 0.101. The first kappa shape index (κ1) is 23.4. The van der Waals surface area contributed by atoms with Crippen LogP contribution in [-0.4, -0.2) is 14.3 Å². The molecule has 32 heavy (non-hydrogen) atoms. The summed E-state index contributed by atoms with van der Waals surface area (Å²) in [5.74, 6) is -1.08. The van der Waals surface area contributed by atoms with E-state index in [4.69, 9.17) is 0 Å². The molecule has 0 heterocycles. The maximum absolute atomic E-state index is 13.2. The number of carbonyl (C=O) groups is 1. The zero-order valence-corrected chi connectivity index (χ0v) is 17.3. The van der Waals surface area contributed by atoms with E-state index in [-0.39, 0.29) is 23.5 Å². The molecule has 0 aromatic heterocycles. The van der Waals surface area contributed by atoms with Gasteiger partial charge in [-0.25, -0.2) is 17.5 Å². The third-order valence-corrected chi connectivity index (χ3v) is 5.89. The highest BCUT2D eigenvalue weighted by atomic mass is 32.2. The van der Waals surface area contributed by atoms with Crippen LogP contribution in [0.2, 0.25) is 0 Å². The summed E-state index contributed by atoms with van der Waals surface area (Å²) in [5, 5.41) is 2.54. The highest BCUT2D eigenvalue weighted by Gasteiger charge is 2.30. The van der Waals surface area contributed by atoms with Gasteiger partial charge >= 0.3 is 6.18 Å². The fourth-order valence-electron chi connectivity index (χ4n) is 2.83. The summed E-state index contributed by atoms with van der Waals surface area (Å²) in [6.07, 6.45) is -4.50. The highest BCUT2D eigenvalue weighted by Crippen LogP contribution is 2.29. The lowest BCUT2D eigenvalue weighted by Gasteiger charge is -2.10. The number of sulfonamides is 1. The maximum atomic E-state index is 13.2. The Morgan fingerprint density at radius 1 is 0.844 bits per heavy atom. The summed E-state index contributed by atoms with van der Waals surface area (Å²) in [7, 11) is -3.90. The number of benzene rings is 3. The minimum atomic E-state index is -4.50. The first-order chi connectivity index (χ1) is 15.0. The molecule has 0 aliphatic rings. The largest absolute Gasteiger partial charge is 0.416 e. The zero-order valence-electron chi connectivity index (χ0n) is 16.5. The first-order valence-electron chi connectivity index (χ1n) is 9.33. The zero-order chi connectivity index (χ0) is 23.4. The molecule has 1 amide bonds. The van der Waals surface area contributed by atoms with Gasteiger partial charge in [-0.1, -0.05) is 24.3 Å². The number of nitrogens with one attached hydrogen (secondary N) is 2. The maximum Gasteiger partial charge on any atom is 0.416 e. The molecule has 0 spiro atoms. The van der Waals surface area contributed by atoms with E-state index in [1.165, 1.54) is 36.4 Å². The van der Waals surface area contributed by atoms with Gasteiger partial charge in [-0.05, 0) is 59.7 Å². The quantitative estimate of drug-likeness (QED) is 0.511. The van der Waals surface area contributed by atoms with Gasteiger partial charge < -0.3 is 5.32 Å². The molecule has 0 unspecified atom stereocenters. The smallest absolute Gasteiger partial charge is 0.348 e. The van der Waals surface area contributed by atoms with Gasteiger partial charge in [0, 0.05) is 18.7 Å². The molecule has 3 aromatic rings. The molecule has 10 heteroatoms. The second kappa shape index (κ2) is 9.49. The predicted molar refractivity (Wildman–Crippen MR) is 109 cm³/mol. The number of rotatable bonds is 7. The molecule has 2 N–H and O–H groups in total. The van der Waals surface area contributed by atoms with Crippen LogP contribution in [0.3, 0.4) is 0 Å². The van der Waals surface area contributed by atoms with E-state index in [0.29, 0.717) is 11.1 Å². The molecule has 0 fully saturated rings. The van der Waals surface area contributed by atoms with Crippen LogP contribution < -0.4 is 10.0 Å². The number of hydrogen-bond donors (Lipinski definition) is 2. The Hall–Kier alpha value is -3.24. The Balaban J connectivity index is 1.63. The molecule has 0 radical (unpaired) electrons. The van der Waals surface area contributed by atoms with Crippen molar-refractivity contribution in [3.05, 3.63) is 101 Å². The van der Waals surface area contributed by atoms with Gasteiger partial charge in [0.1, 0.15) is 5.82 Å². The molecule has 0 bridgehead atoms. The van der Waals surface area contributed by atoms with Crippen LogP contribution in [0.15, 0.2) is 77.7 Å². The van der Waals surface area contributed by atoms with Crippen LogP contribution in [0, 0.1) is 5.82 Å². The van der Waals surface area contributed by atoms with Crippen LogP contribution in [0.25, 0.3) is 0 Å². The van der Waals surface area contributed by atoms with Crippen molar-refractivity contribution in [1.82, 2.24) is 10.0 Å². The summed E-state index contributed by atoms with van der Waals surface area (Å²) in [6, 6.07) is 15.1. The third kappa shape index (κ3) is 6.14. The standard InChI is InChI=1S/C22H18F4N2O3S/c23-19-5-1-3-15(11-19)14-28-32(30,31)20-6-2-4-16(12-20)13-27-21(29)17-7-9-18(10-8-17)22(24,25)26/h1-12,28H,13-14H2,(H,27,29). The summed E-state index contributed by atoms with van der Waals surface area (Å²) < 4.78 is 78.6. The summed E-state index contributed by atoms with van der Waals surface area (Å²) >= 11 is 0. The van der Waals surface area contributed by atoms with Crippen molar-refractivity contribution in [3.8, 4) is 0 Å². The van der Waals surface area contributed by atoms with E-state index in [1.807, 2.05) is 0 Å². The van der Waals surface area contributed by atoms with Crippen molar-refractivity contribution in [2.45, 2.75) is 24.2 Å². The molecular formula is C22H18F4N2O3S. The number of hydrogen-bond acceptors (Lipinski definition) is 3. The van der Waals surface area contributed by atoms with E-state index < -0.39 is 33.5 Å². The van der Waals surface area contributed by atoms with Gasteiger partial charge in [0.2, 0.25) is 10.0 Å². The molecular weight excluding hydrogens is 448 g/mol. The van der Waals surface area contributed by atoms with Crippen molar-refractivity contribution < 1.29 is 30.8 Å². The van der Waals surface area contributed by atoms with Crippen LogP contribution in [0.1, 0.15) is 27.0 Å². The highest BCUT2D eigenvalue weighted by molar-refractivity contribution is 7.89. The van der Waals surface area contributed by atoms with E-state index in [2.05, 4.69) is 10.0 Å². The van der Waals surface area contributed by atoms with E-state index in [1.54, 1.807) is 12.1 Å². The monoisotopic (exact) mass is 466 g/mol. The average Bonchev–Trinajstić information content (AvgIpc) is 2.76. The normalized spacial score (nSPS) is 11.9. The molecule has 0 saturated heterocycles. The number of amides is 1. The fraction of sp³-hybridized carbons (Fsp3) is 0.136. The van der Waals surface area contributed by atoms with Gasteiger partial charge in [-0.3, -0.25) is 4.79 Å². The van der Waals surface area contributed by atoms with Crippen LogP contribution in [-0.2, 0) is 29.3 Å². The Kier molecular flexibility index (Phi) is 6.95. The molecule has 168 valence electrons. The molecule has 3 aromatic carbocycles. The Labute approximate surface area is 182 Å². The lowest BCUT2D eigenvalue weighted by molar-refractivity contribution is -0.137. The first-order valence-corrected chi connectivity index (χ1v) is 10.8. The van der Waals surface area contributed by atoms with E-state index in [9.17, 15) is 30.8 Å². The van der Waals surface area contributed by atoms with Gasteiger partial charge in [0.15, 0.2) is 0 Å². The summed E-state index contributed by atoms with van der Waals surface area (Å²) in [4.78, 5) is 12.1. The van der Waals surface area contributed by atoms with E-state index in [0.717, 1.165) is 24.3 Å². The predicted octanol–water partition coefficient (Wildman–Crippen LogP) is 4.25. The van der Waals surface area contributed by atoms with Gasteiger partial charge in [0.05, 0.1) is 10.5 Å². The van der Waals surface area contributed by atoms with Crippen molar-refractivity contribution in [1.29, 1.82) is 0 Å². The van der Waals surface area contributed by atoms with Gasteiger partial charge in [0.25, 0.3) is 5.91 Å². The Bertz CT molecular complexity index is 1210. The third-order valence-electron chi connectivity index (χ3n) is 4.49. The van der Waals surface area contributed by atoms with Gasteiger partial charge in [-0.15, -0.1) is 0 Å². The summed E-state index contributed by atoms with van der Waals surface area (Å²) in [6.45, 7) is -0.137. The number of carbonyl (C=O) groups excluding carboxylic acids is 1. The second-order valence-corrected chi connectivity index (χ2v) is 8.63. The van der Waals surface area contributed by atoms with Crippen LogP contribution in [0.5, 0.6) is 0 Å². The molecule has 0 aliphatic carbocycles. The van der Waals surface area contributed by atoms with E-state index >= 15 is 0 Å². The SMILES string of the molecule is O=C(NCc1cccc(S(=O)(=O)NCc2cccc(F)c2)c1)c1ccc(C(F)(F)F)cc1. The fourth-order valence-corrected chi connectivity index (χ4v) is 3.91. The van der Waals surface area contributed by atoms with Crippen molar-refractivity contribution in [2.24, 2.45) is 0 Å². The van der Waals surface area contributed by atoms with Crippen LogP contribution >= 0.6 is 0 Å². The second-order valence-electron chi connectivity index (χ2n) is 6.86. The van der Waals surface area contributed by atoms with Crippen molar-refractivity contribution >= 4 is 15.9 Å².